The maximum Gasteiger partial charge on any atom is 0.115 e. The lowest BCUT2D eigenvalue weighted by Crippen LogP contribution is -2.26. The number of phenols is 1. The highest BCUT2D eigenvalue weighted by Crippen LogP contribution is 2.21. The third-order valence-corrected chi connectivity index (χ3v) is 3.56. The highest BCUT2D eigenvalue weighted by atomic mass is 16.5. The van der Waals surface area contributed by atoms with Crippen molar-refractivity contribution in [1.82, 2.24) is 5.32 Å². The van der Waals surface area contributed by atoms with Gasteiger partial charge in [-0.15, -0.1) is 0 Å². The van der Waals surface area contributed by atoms with Gasteiger partial charge in [0.1, 0.15) is 5.75 Å². The molecule has 3 nitrogen and oxygen atoms in total. The third-order valence-electron chi connectivity index (χ3n) is 3.56. The highest BCUT2D eigenvalue weighted by molar-refractivity contribution is 5.29. The highest BCUT2D eigenvalue weighted by Gasteiger charge is 2.12. The van der Waals surface area contributed by atoms with Crippen molar-refractivity contribution in [2.24, 2.45) is 0 Å². The molecule has 2 aromatic rings. The van der Waals surface area contributed by atoms with Gasteiger partial charge in [0, 0.05) is 26.1 Å². The summed E-state index contributed by atoms with van der Waals surface area (Å²) < 4.78 is 5.07. The molecule has 1 atom stereocenters. The quantitative estimate of drug-likeness (QED) is 0.733. The summed E-state index contributed by atoms with van der Waals surface area (Å²) in [5.41, 5.74) is 2.56. The first-order valence-electron chi connectivity index (χ1n) is 7.32. The Balaban J connectivity index is 2.02. The van der Waals surface area contributed by atoms with Crippen molar-refractivity contribution in [3.63, 3.8) is 0 Å². The van der Waals surface area contributed by atoms with E-state index in [4.69, 9.17) is 4.74 Å². The first kappa shape index (κ1) is 15.5. The molecule has 0 aliphatic rings. The smallest absolute Gasteiger partial charge is 0.115 e. The largest absolute Gasteiger partial charge is 0.508 e. The molecule has 3 heteroatoms. The predicted octanol–water partition coefficient (Wildman–Crippen LogP) is 2.95. The number of phenolic OH excluding ortho intramolecular Hbond substituents is 1. The van der Waals surface area contributed by atoms with Crippen LogP contribution in [0, 0.1) is 0 Å². The normalized spacial score (nSPS) is 12.2. The van der Waals surface area contributed by atoms with E-state index < -0.39 is 0 Å². The Morgan fingerprint density at radius 3 is 2.43 bits per heavy atom. The van der Waals surface area contributed by atoms with Gasteiger partial charge in [-0.05, 0) is 29.7 Å². The second-order valence-electron chi connectivity index (χ2n) is 5.18. The van der Waals surface area contributed by atoms with Crippen LogP contribution in [0.3, 0.4) is 0 Å². The van der Waals surface area contributed by atoms with E-state index in [2.05, 4.69) is 29.6 Å². The van der Waals surface area contributed by atoms with Crippen molar-refractivity contribution in [3.8, 4) is 5.75 Å². The summed E-state index contributed by atoms with van der Waals surface area (Å²) >= 11 is 0. The summed E-state index contributed by atoms with van der Waals surface area (Å²) in [4.78, 5) is 0. The molecule has 21 heavy (non-hydrogen) atoms. The molecule has 0 radical (unpaired) electrons. The van der Waals surface area contributed by atoms with E-state index in [0.717, 1.165) is 26.1 Å². The zero-order chi connectivity index (χ0) is 14.9. The van der Waals surface area contributed by atoms with Gasteiger partial charge in [0.05, 0.1) is 6.61 Å². The number of aromatic hydroxyl groups is 1. The van der Waals surface area contributed by atoms with Crippen LogP contribution >= 0.6 is 0 Å². The summed E-state index contributed by atoms with van der Waals surface area (Å²) in [6.45, 7) is 2.49. The Morgan fingerprint density at radius 2 is 1.76 bits per heavy atom. The van der Waals surface area contributed by atoms with Crippen molar-refractivity contribution in [1.29, 1.82) is 0 Å². The molecule has 2 N–H and O–H groups in total. The SMILES string of the molecule is COCCNCC(Cc1ccc(O)cc1)c1ccccc1. The van der Waals surface area contributed by atoms with Crippen LogP contribution in [-0.2, 0) is 11.2 Å². The summed E-state index contributed by atoms with van der Waals surface area (Å²) in [6.07, 6.45) is 0.949. The molecule has 112 valence electrons. The summed E-state index contributed by atoms with van der Waals surface area (Å²) in [6, 6.07) is 18.0. The minimum atomic E-state index is 0.313. The average Bonchev–Trinajstić information content (AvgIpc) is 2.53. The molecular formula is C18H23NO2. The Labute approximate surface area is 126 Å². The van der Waals surface area contributed by atoms with Gasteiger partial charge in [-0.2, -0.15) is 0 Å². The zero-order valence-corrected chi connectivity index (χ0v) is 12.5. The monoisotopic (exact) mass is 285 g/mol. The minimum absolute atomic E-state index is 0.313. The molecule has 0 spiro atoms. The molecule has 2 aromatic carbocycles. The van der Waals surface area contributed by atoms with Gasteiger partial charge in [0.2, 0.25) is 0 Å². The molecule has 0 saturated heterocycles. The van der Waals surface area contributed by atoms with Crippen LogP contribution in [0.2, 0.25) is 0 Å². The van der Waals surface area contributed by atoms with Crippen LogP contribution in [0.15, 0.2) is 54.6 Å². The Kier molecular flexibility index (Phi) is 6.25. The molecule has 0 fully saturated rings. The van der Waals surface area contributed by atoms with Crippen molar-refractivity contribution in [2.45, 2.75) is 12.3 Å². The number of rotatable bonds is 8. The molecule has 0 bridgehead atoms. The lowest BCUT2D eigenvalue weighted by Gasteiger charge is -2.18. The topological polar surface area (TPSA) is 41.5 Å². The number of methoxy groups -OCH3 is 1. The zero-order valence-electron chi connectivity index (χ0n) is 12.5. The second-order valence-corrected chi connectivity index (χ2v) is 5.18. The van der Waals surface area contributed by atoms with Gasteiger partial charge in [0.15, 0.2) is 0 Å². The lowest BCUT2D eigenvalue weighted by molar-refractivity contribution is 0.199. The van der Waals surface area contributed by atoms with Gasteiger partial charge in [-0.1, -0.05) is 42.5 Å². The first-order valence-corrected chi connectivity index (χ1v) is 7.32. The molecular weight excluding hydrogens is 262 g/mol. The molecule has 1 unspecified atom stereocenters. The lowest BCUT2D eigenvalue weighted by atomic mass is 9.92. The van der Waals surface area contributed by atoms with E-state index in [9.17, 15) is 5.11 Å². The fourth-order valence-electron chi connectivity index (χ4n) is 2.40. The Morgan fingerprint density at radius 1 is 1.05 bits per heavy atom. The fraction of sp³-hybridized carbons (Fsp3) is 0.333. The van der Waals surface area contributed by atoms with Gasteiger partial charge >= 0.3 is 0 Å². The second kappa shape index (κ2) is 8.45. The van der Waals surface area contributed by atoms with Crippen molar-refractivity contribution >= 4 is 0 Å². The molecule has 0 aromatic heterocycles. The van der Waals surface area contributed by atoms with Crippen LogP contribution in [0.1, 0.15) is 17.0 Å². The maximum atomic E-state index is 9.38. The van der Waals surface area contributed by atoms with Crippen molar-refractivity contribution in [3.05, 3.63) is 65.7 Å². The Hall–Kier alpha value is -1.84. The first-order chi connectivity index (χ1) is 10.3. The fourth-order valence-corrected chi connectivity index (χ4v) is 2.40. The van der Waals surface area contributed by atoms with Crippen molar-refractivity contribution < 1.29 is 9.84 Å². The van der Waals surface area contributed by atoms with E-state index in [1.165, 1.54) is 11.1 Å². The van der Waals surface area contributed by atoms with E-state index in [0.29, 0.717) is 11.7 Å². The minimum Gasteiger partial charge on any atom is -0.508 e. The van der Waals surface area contributed by atoms with Crippen LogP contribution < -0.4 is 5.32 Å². The average molecular weight is 285 g/mol. The van der Waals surface area contributed by atoms with Gasteiger partial charge in [0.25, 0.3) is 0 Å². The van der Waals surface area contributed by atoms with Crippen molar-refractivity contribution in [2.75, 3.05) is 26.8 Å². The third kappa shape index (κ3) is 5.21. The summed E-state index contributed by atoms with van der Waals surface area (Å²) in [7, 11) is 1.72. The summed E-state index contributed by atoms with van der Waals surface area (Å²) in [5, 5.41) is 12.8. The van der Waals surface area contributed by atoms with E-state index in [1.54, 1.807) is 19.2 Å². The van der Waals surface area contributed by atoms with Crippen LogP contribution in [0.25, 0.3) is 0 Å². The van der Waals surface area contributed by atoms with E-state index >= 15 is 0 Å². The number of benzene rings is 2. The van der Waals surface area contributed by atoms with Gasteiger partial charge in [-0.3, -0.25) is 0 Å². The van der Waals surface area contributed by atoms with E-state index in [-0.39, 0.29) is 0 Å². The standard InChI is InChI=1S/C18H23NO2/c1-21-12-11-19-14-17(16-5-3-2-4-6-16)13-15-7-9-18(20)10-8-15/h2-10,17,19-20H,11-14H2,1H3. The molecule has 0 aliphatic carbocycles. The molecule has 2 rings (SSSR count). The molecule has 0 amide bonds. The van der Waals surface area contributed by atoms with Crippen LogP contribution in [0.5, 0.6) is 5.75 Å². The number of hydrogen-bond donors (Lipinski definition) is 2. The van der Waals surface area contributed by atoms with Crippen LogP contribution in [0.4, 0.5) is 0 Å². The van der Waals surface area contributed by atoms with Gasteiger partial charge < -0.3 is 15.2 Å². The van der Waals surface area contributed by atoms with E-state index in [1.807, 2.05) is 18.2 Å². The Bertz CT molecular complexity index is 511. The number of hydrogen-bond acceptors (Lipinski definition) is 3. The molecule has 0 saturated carbocycles. The number of nitrogens with one attached hydrogen (secondary N) is 1. The molecule has 0 aliphatic heterocycles. The molecule has 0 heterocycles. The summed E-state index contributed by atoms with van der Waals surface area (Å²) in [5.74, 6) is 0.723. The van der Waals surface area contributed by atoms with Crippen LogP contribution in [-0.4, -0.2) is 31.9 Å². The number of ether oxygens (including phenoxy) is 1. The predicted molar refractivity (Wildman–Crippen MR) is 85.7 cm³/mol. The maximum absolute atomic E-state index is 9.38. The van der Waals surface area contributed by atoms with Gasteiger partial charge in [-0.25, -0.2) is 0 Å².